The molecule has 29 heavy (non-hydrogen) atoms. The van der Waals surface area contributed by atoms with Gasteiger partial charge >= 0.3 is 0 Å². The fourth-order valence-corrected chi connectivity index (χ4v) is 3.61. The zero-order chi connectivity index (χ0) is 20.2. The van der Waals surface area contributed by atoms with Gasteiger partial charge in [-0.05, 0) is 30.2 Å². The Morgan fingerprint density at radius 2 is 2.00 bits per heavy atom. The summed E-state index contributed by atoms with van der Waals surface area (Å²) < 4.78 is 1.85. The van der Waals surface area contributed by atoms with Crippen molar-refractivity contribution in [1.82, 2.24) is 15.1 Å². The molecule has 2 heterocycles. The van der Waals surface area contributed by atoms with E-state index in [-0.39, 0.29) is 24.2 Å². The number of hydrogen-bond acceptors (Lipinski definition) is 3. The van der Waals surface area contributed by atoms with Gasteiger partial charge in [0.25, 0.3) is 0 Å². The van der Waals surface area contributed by atoms with Crippen molar-refractivity contribution in [2.24, 2.45) is 5.92 Å². The molecule has 2 amide bonds. The third-order valence-corrected chi connectivity index (χ3v) is 5.07. The second kappa shape index (κ2) is 8.31. The van der Waals surface area contributed by atoms with Crippen molar-refractivity contribution in [2.75, 3.05) is 11.9 Å². The van der Waals surface area contributed by atoms with E-state index in [4.69, 9.17) is 0 Å². The summed E-state index contributed by atoms with van der Waals surface area (Å²) in [7, 11) is 0. The number of amides is 2. The smallest absolute Gasteiger partial charge is 0.230 e. The molecule has 2 N–H and O–H groups in total. The summed E-state index contributed by atoms with van der Waals surface area (Å²) >= 11 is 0. The first-order valence-corrected chi connectivity index (χ1v) is 9.96. The number of aromatic nitrogens is 2. The minimum absolute atomic E-state index is 0.0895. The van der Waals surface area contributed by atoms with Gasteiger partial charge in [0.2, 0.25) is 11.8 Å². The van der Waals surface area contributed by atoms with Crippen LogP contribution in [0.2, 0.25) is 0 Å². The zero-order valence-electron chi connectivity index (χ0n) is 16.4. The number of carbonyl (C=O) groups excluding carboxylic acids is 2. The average Bonchev–Trinajstić information content (AvgIpc) is 3.36. The van der Waals surface area contributed by atoms with Crippen LogP contribution in [0.1, 0.15) is 25.3 Å². The maximum absolute atomic E-state index is 12.5. The van der Waals surface area contributed by atoms with E-state index in [1.807, 2.05) is 41.1 Å². The van der Waals surface area contributed by atoms with Crippen molar-refractivity contribution in [3.05, 3.63) is 66.2 Å². The van der Waals surface area contributed by atoms with Crippen LogP contribution in [0.5, 0.6) is 0 Å². The lowest BCUT2D eigenvalue weighted by atomic mass is 10.0. The molecular weight excluding hydrogens is 364 g/mol. The molecule has 1 aromatic heterocycles. The van der Waals surface area contributed by atoms with Crippen molar-refractivity contribution in [3.63, 3.8) is 0 Å². The Bertz CT molecular complexity index is 1030. The molecule has 0 radical (unpaired) electrons. The lowest BCUT2D eigenvalue weighted by Gasteiger charge is -2.09. The first kappa shape index (κ1) is 18.9. The van der Waals surface area contributed by atoms with E-state index in [1.165, 1.54) is 5.56 Å². The molecular formula is C23H24N4O2. The maximum atomic E-state index is 12.5. The Labute approximate surface area is 169 Å². The van der Waals surface area contributed by atoms with Crippen LogP contribution in [0, 0.1) is 5.92 Å². The van der Waals surface area contributed by atoms with E-state index in [0.717, 1.165) is 29.8 Å². The third kappa shape index (κ3) is 4.21. The Balaban J connectivity index is 1.69. The number of benzene rings is 2. The van der Waals surface area contributed by atoms with Gasteiger partial charge in [-0.3, -0.25) is 9.59 Å². The summed E-state index contributed by atoms with van der Waals surface area (Å²) in [5, 5.41) is 10.2. The van der Waals surface area contributed by atoms with Crippen molar-refractivity contribution in [2.45, 2.75) is 26.2 Å². The maximum Gasteiger partial charge on any atom is 0.230 e. The summed E-state index contributed by atoms with van der Waals surface area (Å²) in [5.74, 6) is -0.157. The van der Waals surface area contributed by atoms with Gasteiger partial charge in [0.15, 0.2) is 5.82 Å². The highest BCUT2D eigenvalue weighted by atomic mass is 16.2. The average molecular weight is 388 g/mol. The predicted octanol–water partition coefficient (Wildman–Crippen LogP) is 3.57. The van der Waals surface area contributed by atoms with Crippen LogP contribution in [-0.2, 0) is 16.0 Å². The fourth-order valence-electron chi connectivity index (χ4n) is 3.61. The molecule has 0 saturated carbocycles. The lowest BCUT2D eigenvalue weighted by molar-refractivity contribution is -0.123. The summed E-state index contributed by atoms with van der Waals surface area (Å²) in [6.07, 6.45) is 2.31. The molecule has 2 aromatic carbocycles. The standard InChI is InChI=1S/C23H24N4O2/c1-2-7-16-8-6-9-17(12-16)20-14-21(25-23(29)18-13-22(28)24-15-18)26-27(20)19-10-4-3-5-11-19/h3-6,8-12,14,18H,2,7,13,15H2,1H3,(H,24,28)(H,25,26,29)/t18-/m1/s1. The van der Waals surface area contributed by atoms with Gasteiger partial charge < -0.3 is 10.6 Å². The van der Waals surface area contributed by atoms with E-state index in [1.54, 1.807) is 0 Å². The molecule has 1 aliphatic rings. The monoisotopic (exact) mass is 388 g/mol. The zero-order valence-corrected chi connectivity index (χ0v) is 16.4. The molecule has 1 fully saturated rings. The van der Waals surface area contributed by atoms with Gasteiger partial charge in [-0.2, -0.15) is 0 Å². The van der Waals surface area contributed by atoms with E-state index in [0.29, 0.717) is 12.4 Å². The van der Waals surface area contributed by atoms with Crippen molar-refractivity contribution in [1.29, 1.82) is 0 Å². The van der Waals surface area contributed by atoms with Gasteiger partial charge in [0.05, 0.1) is 17.3 Å². The van der Waals surface area contributed by atoms with Crippen molar-refractivity contribution in [3.8, 4) is 16.9 Å². The second-order valence-corrected chi connectivity index (χ2v) is 7.31. The molecule has 4 rings (SSSR count). The molecule has 6 heteroatoms. The predicted molar refractivity (Wildman–Crippen MR) is 113 cm³/mol. The van der Waals surface area contributed by atoms with E-state index < -0.39 is 0 Å². The number of aryl methyl sites for hydroxylation is 1. The fraction of sp³-hybridized carbons (Fsp3) is 0.261. The van der Waals surface area contributed by atoms with Crippen LogP contribution in [-0.4, -0.2) is 28.1 Å². The van der Waals surface area contributed by atoms with E-state index in [9.17, 15) is 9.59 Å². The Morgan fingerprint density at radius 3 is 2.72 bits per heavy atom. The number of anilines is 1. The van der Waals surface area contributed by atoms with E-state index >= 15 is 0 Å². The highest BCUT2D eigenvalue weighted by molar-refractivity contribution is 5.97. The Hall–Kier alpha value is -3.41. The molecule has 0 aliphatic carbocycles. The SMILES string of the molecule is CCCc1cccc(-c2cc(NC(=O)[C@H]3CNC(=O)C3)nn2-c2ccccc2)c1. The van der Waals surface area contributed by atoms with Gasteiger partial charge in [0.1, 0.15) is 0 Å². The molecule has 0 unspecified atom stereocenters. The molecule has 3 aromatic rings. The number of rotatable bonds is 6. The number of hydrogen-bond donors (Lipinski definition) is 2. The van der Waals surface area contributed by atoms with Gasteiger partial charge in [0, 0.05) is 24.6 Å². The highest BCUT2D eigenvalue weighted by Gasteiger charge is 2.28. The second-order valence-electron chi connectivity index (χ2n) is 7.31. The number of nitrogens with one attached hydrogen (secondary N) is 2. The van der Waals surface area contributed by atoms with Crippen molar-refractivity contribution < 1.29 is 9.59 Å². The molecule has 0 bridgehead atoms. The highest BCUT2D eigenvalue weighted by Crippen LogP contribution is 2.27. The van der Waals surface area contributed by atoms with Crippen molar-refractivity contribution >= 4 is 17.6 Å². The Morgan fingerprint density at radius 1 is 1.17 bits per heavy atom. The van der Waals surface area contributed by atoms with Crippen LogP contribution in [0.15, 0.2) is 60.7 Å². The van der Waals surface area contributed by atoms with Gasteiger partial charge in [-0.1, -0.05) is 49.7 Å². The minimum Gasteiger partial charge on any atom is -0.355 e. The third-order valence-electron chi connectivity index (χ3n) is 5.07. The summed E-state index contributed by atoms with van der Waals surface area (Å²) in [4.78, 5) is 24.0. The largest absolute Gasteiger partial charge is 0.355 e. The minimum atomic E-state index is -0.360. The topological polar surface area (TPSA) is 76.0 Å². The summed E-state index contributed by atoms with van der Waals surface area (Å²) in [5.41, 5.74) is 4.14. The molecule has 1 aliphatic heterocycles. The summed E-state index contributed by atoms with van der Waals surface area (Å²) in [6.45, 7) is 2.53. The van der Waals surface area contributed by atoms with Gasteiger partial charge in [-0.15, -0.1) is 5.10 Å². The van der Waals surface area contributed by atoms with Crippen LogP contribution in [0.3, 0.4) is 0 Å². The number of carbonyl (C=O) groups is 2. The number of para-hydroxylation sites is 1. The molecule has 1 atom stereocenters. The van der Waals surface area contributed by atoms with Crippen LogP contribution >= 0.6 is 0 Å². The summed E-state index contributed by atoms with van der Waals surface area (Å²) in [6, 6.07) is 20.1. The van der Waals surface area contributed by atoms with Gasteiger partial charge in [-0.25, -0.2) is 4.68 Å². The lowest BCUT2D eigenvalue weighted by Crippen LogP contribution is -2.24. The van der Waals surface area contributed by atoms with E-state index in [2.05, 4.69) is 46.9 Å². The first-order chi connectivity index (χ1) is 14.1. The molecule has 6 nitrogen and oxygen atoms in total. The quantitative estimate of drug-likeness (QED) is 0.678. The molecule has 0 spiro atoms. The number of nitrogens with zero attached hydrogens (tertiary/aromatic N) is 2. The van der Waals surface area contributed by atoms with Crippen LogP contribution in [0.25, 0.3) is 16.9 Å². The Kier molecular flexibility index (Phi) is 5.42. The molecule has 148 valence electrons. The molecule has 1 saturated heterocycles. The van der Waals surface area contributed by atoms with Crippen LogP contribution in [0.4, 0.5) is 5.82 Å². The van der Waals surface area contributed by atoms with Crippen LogP contribution < -0.4 is 10.6 Å². The normalized spacial score (nSPS) is 15.9. The first-order valence-electron chi connectivity index (χ1n) is 9.96.